The van der Waals surface area contributed by atoms with E-state index in [4.69, 9.17) is 11.6 Å². The Hall–Kier alpha value is -0.530. The Morgan fingerprint density at radius 1 is 1.38 bits per heavy atom. The SMILES string of the molecule is CNCC1Cc2ccc(Cl)cc2C1. The molecule has 1 aliphatic rings. The van der Waals surface area contributed by atoms with Crippen LogP contribution in [0.3, 0.4) is 0 Å². The van der Waals surface area contributed by atoms with Crippen molar-refractivity contribution in [3.8, 4) is 0 Å². The van der Waals surface area contributed by atoms with Crippen molar-refractivity contribution in [1.82, 2.24) is 5.32 Å². The maximum Gasteiger partial charge on any atom is 0.0408 e. The summed E-state index contributed by atoms with van der Waals surface area (Å²) in [6.45, 7) is 1.10. The third-order valence-electron chi connectivity index (χ3n) is 2.68. The van der Waals surface area contributed by atoms with E-state index in [0.29, 0.717) is 0 Å². The summed E-state index contributed by atoms with van der Waals surface area (Å²) in [7, 11) is 2.01. The minimum absolute atomic E-state index is 0.762. The van der Waals surface area contributed by atoms with Gasteiger partial charge in [0.15, 0.2) is 0 Å². The molecular formula is C11H14ClN. The summed E-state index contributed by atoms with van der Waals surface area (Å²) >= 11 is 5.93. The third-order valence-corrected chi connectivity index (χ3v) is 2.91. The molecular weight excluding hydrogens is 182 g/mol. The molecule has 1 nitrogen and oxygen atoms in total. The van der Waals surface area contributed by atoms with E-state index in [2.05, 4.69) is 17.4 Å². The topological polar surface area (TPSA) is 12.0 Å². The maximum absolute atomic E-state index is 5.93. The lowest BCUT2D eigenvalue weighted by Gasteiger charge is -2.05. The molecule has 0 heterocycles. The Balaban J connectivity index is 2.16. The Kier molecular flexibility index (Phi) is 2.56. The minimum atomic E-state index is 0.762. The smallest absolute Gasteiger partial charge is 0.0408 e. The number of nitrogens with one attached hydrogen (secondary N) is 1. The molecule has 1 atom stereocenters. The predicted octanol–water partition coefficient (Wildman–Crippen LogP) is 2.27. The van der Waals surface area contributed by atoms with Gasteiger partial charge in [-0.25, -0.2) is 0 Å². The fourth-order valence-corrected chi connectivity index (χ4v) is 2.31. The van der Waals surface area contributed by atoms with Gasteiger partial charge >= 0.3 is 0 Å². The first-order valence-electron chi connectivity index (χ1n) is 4.71. The zero-order chi connectivity index (χ0) is 9.26. The molecule has 1 unspecified atom stereocenters. The quantitative estimate of drug-likeness (QED) is 0.764. The van der Waals surface area contributed by atoms with Crippen LogP contribution in [0.25, 0.3) is 0 Å². The van der Waals surface area contributed by atoms with E-state index in [1.165, 1.54) is 24.0 Å². The van der Waals surface area contributed by atoms with Crippen LogP contribution in [0.4, 0.5) is 0 Å². The number of hydrogen-bond acceptors (Lipinski definition) is 1. The highest BCUT2D eigenvalue weighted by atomic mass is 35.5. The standard InChI is InChI=1S/C11H14ClN/c1-13-7-8-4-9-2-3-11(12)6-10(9)5-8/h2-3,6,8,13H,4-5,7H2,1H3. The molecule has 0 spiro atoms. The lowest BCUT2D eigenvalue weighted by atomic mass is 10.1. The summed E-state index contributed by atoms with van der Waals surface area (Å²) in [6, 6.07) is 6.25. The lowest BCUT2D eigenvalue weighted by molar-refractivity contribution is 0.526. The Morgan fingerprint density at radius 3 is 2.92 bits per heavy atom. The number of hydrogen-bond donors (Lipinski definition) is 1. The fourth-order valence-electron chi connectivity index (χ4n) is 2.11. The van der Waals surface area contributed by atoms with E-state index >= 15 is 0 Å². The van der Waals surface area contributed by atoms with Crippen molar-refractivity contribution < 1.29 is 0 Å². The molecule has 0 aliphatic heterocycles. The summed E-state index contributed by atoms with van der Waals surface area (Å²) in [6.07, 6.45) is 2.38. The molecule has 0 saturated heterocycles. The molecule has 1 N–H and O–H groups in total. The van der Waals surface area contributed by atoms with Gasteiger partial charge in [0.1, 0.15) is 0 Å². The minimum Gasteiger partial charge on any atom is -0.319 e. The Morgan fingerprint density at radius 2 is 2.15 bits per heavy atom. The van der Waals surface area contributed by atoms with E-state index in [9.17, 15) is 0 Å². The maximum atomic E-state index is 5.93. The molecule has 0 radical (unpaired) electrons. The van der Waals surface area contributed by atoms with Crippen LogP contribution in [0.15, 0.2) is 18.2 Å². The second-order valence-corrected chi connectivity index (χ2v) is 4.18. The number of rotatable bonds is 2. The van der Waals surface area contributed by atoms with Crippen molar-refractivity contribution in [2.24, 2.45) is 5.92 Å². The summed E-state index contributed by atoms with van der Waals surface area (Å²) in [5.74, 6) is 0.762. The summed E-state index contributed by atoms with van der Waals surface area (Å²) in [5.41, 5.74) is 2.91. The van der Waals surface area contributed by atoms with Crippen LogP contribution < -0.4 is 5.32 Å². The second-order valence-electron chi connectivity index (χ2n) is 3.74. The van der Waals surface area contributed by atoms with E-state index in [1.54, 1.807) is 0 Å². The monoisotopic (exact) mass is 195 g/mol. The molecule has 0 saturated carbocycles. The van der Waals surface area contributed by atoms with E-state index in [1.807, 2.05) is 13.1 Å². The van der Waals surface area contributed by atoms with Gasteiger partial charge in [0, 0.05) is 5.02 Å². The normalized spacial score (nSPS) is 20.3. The van der Waals surface area contributed by atoms with Gasteiger partial charge in [0.25, 0.3) is 0 Å². The molecule has 13 heavy (non-hydrogen) atoms. The third kappa shape index (κ3) is 1.87. The largest absolute Gasteiger partial charge is 0.319 e. The average Bonchev–Trinajstić information content (AvgIpc) is 2.46. The zero-order valence-corrected chi connectivity index (χ0v) is 8.56. The van der Waals surface area contributed by atoms with Crippen LogP contribution in [0.2, 0.25) is 5.02 Å². The van der Waals surface area contributed by atoms with Gasteiger partial charge in [-0.05, 0) is 55.6 Å². The Labute approximate surface area is 84.1 Å². The van der Waals surface area contributed by atoms with Gasteiger partial charge in [-0.2, -0.15) is 0 Å². The van der Waals surface area contributed by atoms with E-state index in [0.717, 1.165) is 17.5 Å². The van der Waals surface area contributed by atoms with Crippen molar-refractivity contribution in [3.05, 3.63) is 34.3 Å². The first kappa shape index (κ1) is 9.04. The highest BCUT2D eigenvalue weighted by Crippen LogP contribution is 2.28. The molecule has 1 aromatic carbocycles. The summed E-state index contributed by atoms with van der Waals surface area (Å²) in [4.78, 5) is 0. The average molecular weight is 196 g/mol. The van der Waals surface area contributed by atoms with Gasteiger partial charge < -0.3 is 5.32 Å². The first-order chi connectivity index (χ1) is 6.29. The molecule has 2 heteroatoms. The summed E-state index contributed by atoms with van der Waals surface area (Å²) in [5, 5.41) is 4.09. The molecule has 0 fully saturated rings. The molecule has 0 bridgehead atoms. The van der Waals surface area contributed by atoms with Crippen LogP contribution in [0.5, 0.6) is 0 Å². The summed E-state index contributed by atoms with van der Waals surface area (Å²) < 4.78 is 0. The molecule has 1 aliphatic carbocycles. The second kappa shape index (κ2) is 3.69. The molecule has 0 aromatic heterocycles. The lowest BCUT2D eigenvalue weighted by Crippen LogP contribution is -2.18. The van der Waals surface area contributed by atoms with Crippen molar-refractivity contribution in [2.45, 2.75) is 12.8 Å². The van der Waals surface area contributed by atoms with Crippen LogP contribution in [-0.2, 0) is 12.8 Å². The van der Waals surface area contributed by atoms with Crippen LogP contribution in [0, 0.1) is 5.92 Å². The number of halogens is 1. The highest BCUT2D eigenvalue weighted by Gasteiger charge is 2.20. The van der Waals surface area contributed by atoms with Gasteiger partial charge in [0.2, 0.25) is 0 Å². The van der Waals surface area contributed by atoms with Crippen LogP contribution in [-0.4, -0.2) is 13.6 Å². The van der Waals surface area contributed by atoms with E-state index < -0.39 is 0 Å². The van der Waals surface area contributed by atoms with Crippen molar-refractivity contribution in [2.75, 3.05) is 13.6 Å². The van der Waals surface area contributed by atoms with Crippen LogP contribution >= 0.6 is 11.6 Å². The predicted molar refractivity (Wildman–Crippen MR) is 56.3 cm³/mol. The van der Waals surface area contributed by atoms with Gasteiger partial charge in [-0.1, -0.05) is 17.7 Å². The number of fused-ring (bicyclic) bond motifs is 1. The van der Waals surface area contributed by atoms with Gasteiger partial charge in [-0.3, -0.25) is 0 Å². The zero-order valence-electron chi connectivity index (χ0n) is 7.81. The van der Waals surface area contributed by atoms with Crippen molar-refractivity contribution in [3.63, 3.8) is 0 Å². The molecule has 1 aromatic rings. The van der Waals surface area contributed by atoms with Gasteiger partial charge in [-0.15, -0.1) is 0 Å². The van der Waals surface area contributed by atoms with Crippen molar-refractivity contribution >= 4 is 11.6 Å². The van der Waals surface area contributed by atoms with Gasteiger partial charge in [0.05, 0.1) is 0 Å². The number of benzene rings is 1. The fraction of sp³-hybridized carbons (Fsp3) is 0.455. The van der Waals surface area contributed by atoms with E-state index in [-0.39, 0.29) is 0 Å². The molecule has 70 valence electrons. The molecule has 0 amide bonds. The Bertz CT molecular complexity index is 309. The first-order valence-corrected chi connectivity index (χ1v) is 5.09. The highest BCUT2D eigenvalue weighted by molar-refractivity contribution is 6.30. The van der Waals surface area contributed by atoms with Crippen LogP contribution in [0.1, 0.15) is 11.1 Å². The van der Waals surface area contributed by atoms with Crippen molar-refractivity contribution in [1.29, 1.82) is 0 Å². The molecule has 2 rings (SSSR count).